The van der Waals surface area contributed by atoms with E-state index in [0.29, 0.717) is 6.04 Å². The van der Waals surface area contributed by atoms with Gasteiger partial charge in [0.2, 0.25) is 0 Å². The number of likely N-dealkylation sites (N-methyl/N-ethyl adjacent to an activating group) is 1. The average molecular weight is 561 g/mol. The Hall–Kier alpha value is -1.46. The van der Waals surface area contributed by atoms with Crippen molar-refractivity contribution in [3.63, 3.8) is 0 Å². The molecule has 2 N–H and O–H groups in total. The highest BCUT2D eigenvalue weighted by Crippen LogP contribution is 2.30. The molecular formula is C23H41IN6O2. The average Bonchev–Trinajstić information content (AvgIpc) is 3.17. The van der Waals surface area contributed by atoms with Crippen LogP contribution in [0.15, 0.2) is 23.2 Å². The lowest BCUT2D eigenvalue weighted by atomic mass is 10.2. The van der Waals surface area contributed by atoms with Crippen molar-refractivity contribution in [1.82, 2.24) is 20.4 Å². The molecule has 1 aromatic rings. The molecule has 0 amide bonds. The molecule has 2 aliphatic rings. The number of guanidine groups is 1. The number of nitrogens with zero attached hydrogens (tertiary/aromatic N) is 4. The number of benzene rings is 1. The molecule has 0 saturated carbocycles. The maximum Gasteiger partial charge on any atom is 0.191 e. The molecule has 1 atom stereocenters. The zero-order valence-corrected chi connectivity index (χ0v) is 22.4. The number of aliphatic imine (C=N–C) groups is 1. The highest BCUT2D eigenvalue weighted by Gasteiger charge is 2.24. The summed E-state index contributed by atoms with van der Waals surface area (Å²) in [5, 5.41) is 7.09. The van der Waals surface area contributed by atoms with E-state index in [1.807, 2.05) is 13.1 Å². The summed E-state index contributed by atoms with van der Waals surface area (Å²) in [6.07, 6.45) is 3.47. The third-order valence-electron chi connectivity index (χ3n) is 6.21. The summed E-state index contributed by atoms with van der Waals surface area (Å²) in [6, 6.07) is 6.41. The smallest absolute Gasteiger partial charge is 0.191 e. The van der Waals surface area contributed by atoms with Gasteiger partial charge in [-0.2, -0.15) is 0 Å². The van der Waals surface area contributed by atoms with E-state index < -0.39 is 0 Å². The van der Waals surface area contributed by atoms with Crippen molar-refractivity contribution in [1.29, 1.82) is 0 Å². The van der Waals surface area contributed by atoms with Crippen LogP contribution in [-0.2, 0) is 0 Å². The first-order chi connectivity index (χ1) is 15.1. The molecule has 32 heavy (non-hydrogen) atoms. The summed E-state index contributed by atoms with van der Waals surface area (Å²) in [7, 11) is 7.44. The fourth-order valence-corrected chi connectivity index (χ4v) is 4.31. The number of hydrogen-bond acceptors (Lipinski definition) is 6. The van der Waals surface area contributed by atoms with Crippen molar-refractivity contribution in [2.24, 2.45) is 4.99 Å². The summed E-state index contributed by atoms with van der Waals surface area (Å²) in [5.74, 6) is 2.53. The van der Waals surface area contributed by atoms with Crippen molar-refractivity contribution in [3.05, 3.63) is 18.2 Å². The monoisotopic (exact) mass is 560 g/mol. The van der Waals surface area contributed by atoms with E-state index in [9.17, 15) is 0 Å². The minimum absolute atomic E-state index is 0. The second-order valence-electron chi connectivity index (χ2n) is 8.50. The van der Waals surface area contributed by atoms with Gasteiger partial charge < -0.3 is 34.8 Å². The maximum atomic E-state index is 5.42. The van der Waals surface area contributed by atoms with Crippen molar-refractivity contribution in [2.75, 3.05) is 85.6 Å². The van der Waals surface area contributed by atoms with E-state index in [2.05, 4.69) is 49.5 Å². The van der Waals surface area contributed by atoms with E-state index in [1.54, 1.807) is 14.2 Å². The maximum absolute atomic E-state index is 5.42. The highest BCUT2D eigenvalue weighted by atomic mass is 127. The Kier molecular flexibility index (Phi) is 11.7. The van der Waals surface area contributed by atoms with Gasteiger partial charge in [-0.05, 0) is 45.9 Å². The third-order valence-corrected chi connectivity index (χ3v) is 6.21. The van der Waals surface area contributed by atoms with Gasteiger partial charge in [-0.3, -0.25) is 4.99 Å². The molecule has 2 fully saturated rings. The van der Waals surface area contributed by atoms with E-state index in [-0.39, 0.29) is 24.0 Å². The Balaban J connectivity index is 0.00000363. The molecule has 3 rings (SSSR count). The number of anilines is 1. The first-order valence-electron chi connectivity index (χ1n) is 11.5. The lowest BCUT2D eigenvalue weighted by molar-refractivity contribution is 0.274. The highest BCUT2D eigenvalue weighted by molar-refractivity contribution is 14.0. The van der Waals surface area contributed by atoms with Gasteiger partial charge in [0.1, 0.15) is 11.5 Å². The first kappa shape index (κ1) is 26.8. The van der Waals surface area contributed by atoms with Crippen LogP contribution in [0.1, 0.15) is 19.3 Å². The molecule has 182 valence electrons. The molecule has 0 spiro atoms. The molecule has 9 heteroatoms. The predicted molar refractivity (Wildman–Crippen MR) is 143 cm³/mol. The molecule has 0 radical (unpaired) electrons. The summed E-state index contributed by atoms with van der Waals surface area (Å²) in [5.41, 5.74) is 1.13. The van der Waals surface area contributed by atoms with E-state index in [0.717, 1.165) is 62.2 Å². The SMILES string of the molecule is CN=C(NCCCN1CCCN(C)CC1)NC1CCN(c2cc(OC)cc(OC)c2)C1.I. The Morgan fingerprint density at radius 2 is 1.81 bits per heavy atom. The van der Waals surface area contributed by atoms with Gasteiger partial charge >= 0.3 is 0 Å². The standard InChI is InChI=1S/C23H40N6O2.HI/c1-24-23(25-8-5-10-28-11-6-9-27(2)13-14-28)26-19-7-12-29(18-19)20-15-21(30-3)17-22(16-20)31-4;/h15-17,19H,5-14,18H2,1-4H3,(H2,24,25,26);1H. The van der Waals surface area contributed by atoms with Gasteiger partial charge in [-0.1, -0.05) is 0 Å². The number of hydrogen-bond donors (Lipinski definition) is 2. The van der Waals surface area contributed by atoms with Gasteiger partial charge in [-0.15, -0.1) is 24.0 Å². The molecular weight excluding hydrogens is 519 g/mol. The Labute approximate surface area is 210 Å². The van der Waals surface area contributed by atoms with Crippen LogP contribution >= 0.6 is 24.0 Å². The predicted octanol–water partition coefficient (Wildman–Crippen LogP) is 2.09. The van der Waals surface area contributed by atoms with Crippen LogP contribution in [0.2, 0.25) is 0 Å². The van der Waals surface area contributed by atoms with Crippen molar-refractivity contribution in [2.45, 2.75) is 25.3 Å². The molecule has 0 aliphatic carbocycles. The third kappa shape index (κ3) is 8.15. The zero-order valence-electron chi connectivity index (χ0n) is 20.1. The van der Waals surface area contributed by atoms with E-state index in [1.165, 1.54) is 32.6 Å². The van der Waals surface area contributed by atoms with Crippen LogP contribution in [-0.4, -0.2) is 102 Å². The number of nitrogens with one attached hydrogen (secondary N) is 2. The normalized spacial score (nSPS) is 20.4. The van der Waals surface area contributed by atoms with E-state index in [4.69, 9.17) is 9.47 Å². The fourth-order valence-electron chi connectivity index (χ4n) is 4.31. The van der Waals surface area contributed by atoms with Gasteiger partial charge in [0, 0.05) is 69.7 Å². The number of ether oxygens (including phenoxy) is 2. The summed E-state index contributed by atoms with van der Waals surface area (Å²) in [6.45, 7) is 8.79. The minimum Gasteiger partial charge on any atom is -0.497 e. The second-order valence-corrected chi connectivity index (χ2v) is 8.50. The van der Waals surface area contributed by atoms with Crippen LogP contribution in [0.5, 0.6) is 11.5 Å². The topological polar surface area (TPSA) is 64.6 Å². The fraction of sp³-hybridized carbons (Fsp3) is 0.696. The van der Waals surface area contributed by atoms with Crippen molar-refractivity contribution >= 4 is 35.6 Å². The lowest BCUT2D eigenvalue weighted by Crippen LogP contribution is -2.45. The number of methoxy groups -OCH3 is 2. The van der Waals surface area contributed by atoms with Crippen LogP contribution in [0.25, 0.3) is 0 Å². The molecule has 0 aromatic heterocycles. The number of halogens is 1. The van der Waals surface area contributed by atoms with Crippen molar-refractivity contribution < 1.29 is 9.47 Å². The molecule has 2 aliphatic heterocycles. The Bertz CT molecular complexity index is 697. The molecule has 0 bridgehead atoms. The van der Waals surface area contributed by atoms with Gasteiger partial charge in [0.25, 0.3) is 0 Å². The second kappa shape index (κ2) is 13.9. The largest absolute Gasteiger partial charge is 0.497 e. The summed E-state index contributed by atoms with van der Waals surface area (Å²) in [4.78, 5) is 11.8. The summed E-state index contributed by atoms with van der Waals surface area (Å²) < 4.78 is 10.8. The molecule has 2 heterocycles. The zero-order chi connectivity index (χ0) is 22.1. The summed E-state index contributed by atoms with van der Waals surface area (Å²) >= 11 is 0. The van der Waals surface area contributed by atoms with Gasteiger partial charge in [-0.25, -0.2) is 0 Å². The molecule has 2 saturated heterocycles. The first-order valence-corrected chi connectivity index (χ1v) is 11.5. The molecule has 8 nitrogen and oxygen atoms in total. The quantitative estimate of drug-likeness (QED) is 0.219. The number of rotatable bonds is 8. The molecule has 1 unspecified atom stereocenters. The Morgan fingerprint density at radius 3 is 2.50 bits per heavy atom. The van der Waals surface area contributed by atoms with Gasteiger partial charge in [0.05, 0.1) is 14.2 Å². The minimum atomic E-state index is 0. The Morgan fingerprint density at radius 1 is 1.06 bits per heavy atom. The lowest BCUT2D eigenvalue weighted by Gasteiger charge is -2.22. The van der Waals surface area contributed by atoms with Crippen LogP contribution < -0.4 is 25.0 Å². The van der Waals surface area contributed by atoms with Crippen LogP contribution in [0.3, 0.4) is 0 Å². The van der Waals surface area contributed by atoms with E-state index >= 15 is 0 Å². The van der Waals surface area contributed by atoms with Crippen molar-refractivity contribution in [3.8, 4) is 11.5 Å². The van der Waals surface area contributed by atoms with Crippen LogP contribution in [0, 0.1) is 0 Å². The van der Waals surface area contributed by atoms with Crippen LogP contribution in [0.4, 0.5) is 5.69 Å². The molecule has 1 aromatic carbocycles. The van der Waals surface area contributed by atoms with Gasteiger partial charge in [0.15, 0.2) is 5.96 Å².